The molecule has 0 aliphatic carbocycles. The highest BCUT2D eigenvalue weighted by Crippen LogP contribution is 2.45. The first kappa shape index (κ1) is 19.1. The molecule has 3 aromatic carbocycles. The van der Waals surface area contributed by atoms with Gasteiger partial charge in [0.2, 0.25) is 0 Å². The maximum absolute atomic E-state index is 14.2. The van der Waals surface area contributed by atoms with Gasteiger partial charge in [-0.25, -0.2) is 4.39 Å². The van der Waals surface area contributed by atoms with Gasteiger partial charge in [0.15, 0.2) is 0 Å². The molecule has 0 atom stereocenters. The highest BCUT2D eigenvalue weighted by molar-refractivity contribution is 6.09. The molecule has 0 unspecified atom stereocenters. The lowest BCUT2D eigenvalue weighted by Gasteiger charge is -2.39. The molecule has 4 nitrogen and oxygen atoms in total. The lowest BCUT2D eigenvalue weighted by Crippen LogP contribution is -2.45. The van der Waals surface area contributed by atoms with Gasteiger partial charge in [-0.2, -0.15) is 0 Å². The topological polar surface area (TPSA) is 38.8 Å². The molecule has 0 N–H and O–H groups in total. The average molecular weight is 405 g/mol. The summed E-state index contributed by atoms with van der Waals surface area (Å²) in [6.45, 7) is 3.83. The smallest absolute Gasteiger partial charge is 0.258 e. The molecule has 2 aliphatic heterocycles. The number of carbonyl (C=O) groups excluding carboxylic acids is 1. The molecular weight excluding hydrogens is 381 g/mol. The molecule has 1 saturated heterocycles. The van der Waals surface area contributed by atoms with Crippen LogP contribution in [0.25, 0.3) is 10.8 Å². The molecule has 3 aromatic rings. The van der Waals surface area contributed by atoms with Crippen LogP contribution in [0.5, 0.6) is 5.75 Å². The SMILES string of the molecule is CCOc1ccc2ccccc2c1C(=O)N1CCC2(CC1)OCc1c(F)cccc12. The number of amides is 1. The number of carbonyl (C=O) groups is 1. The summed E-state index contributed by atoms with van der Waals surface area (Å²) >= 11 is 0. The minimum atomic E-state index is -0.490. The Labute approximate surface area is 175 Å². The van der Waals surface area contributed by atoms with Crippen LogP contribution in [0.4, 0.5) is 4.39 Å². The van der Waals surface area contributed by atoms with E-state index < -0.39 is 5.60 Å². The van der Waals surface area contributed by atoms with Crippen molar-refractivity contribution in [3.63, 3.8) is 0 Å². The molecule has 0 radical (unpaired) electrons. The first-order valence-electron chi connectivity index (χ1n) is 10.5. The minimum Gasteiger partial charge on any atom is -0.493 e. The number of halogens is 1. The van der Waals surface area contributed by atoms with Crippen molar-refractivity contribution in [1.29, 1.82) is 0 Å². The van der Waals surface area contributed by atoms with E-state index in [2.05, 4.69) is 0 Å². The van der Waals surface area contributed by atoms with Crippen molar-refractivity contribution in [2.75, 3.05) is 19.7 Å². The molecule has 1 fully saturated rings. The highest BCUT2D eigenvalue weighted by atomic mass is 19.1. The van der Waals surface area contributed by atoms with Crippen molar-refractivity contribution in [2.45, 2.75) is 32.0 Å². The summed E-state index contributed by atoms with van der Waals surface area (Å²) in [5, 5.41) is 1.92. The highest BCUT2D eigenvalue weighted by Gasteiger charge is 2.44. The van der Waals surface area contributed by atoms with Gasteiger partial charge in [0.05, 0.1) is 24.4 Å². The van der Waals surface area contributed by atoms with Crippen molar-refractivity contribution >= 4 is 16.7 Å². The first-order valence-corrected chi connectivity index (χ1v) is 10.5. The van der Waals surface area contributed by atoms with Gasteiger partial charge in [-0.15, -0.1) is 0 Å². The minimum absolute atomic E-state index is 0.0254. The van der Waals surface area contributed by atoms with Gasteiger partial charge in [-0.05, 0) is 48.2 Å². The molecule has 5 rings (SSSR count). The fourth-order valence-corrected chi connectivity index (χ4v) is 4.81. The quantitative estimate of drug-likeness (QED) is 0.613. The monoisotopic (exact) mass is 405 g/mol. The maximum Gasteiger partial charge on any atom is 0.258 e. The Kier molecular flexibility index (Phi) is 4.70. The Bertz CT molecular complexity index is 1120. The zero-order valence-electron chi connectivity index (χ0n) is 17.0. The van der Waals surface area contributed by atoms with E-state index in [9.17, 15) is 9.18 Å². The van der Waals surface area contributed by atoms with E-state index in [0.29, 0.717) is 56.0 Å². The van der Waals surface area contributed by atoms with Crippen LogP contribution >= 0.6 is 0 Å². The van der Waals surface area contributed by atoms with Crippen molar-refractivity contribution in [3.8, 4) is 5.75 Å². The van der Waals surface area contributed by atoms with Crippen LogP contribution in [-0.2, 0) is 16.9 Å². The fraction of sp³-hybridized carbons (Fsp3) is 0.320. The van der Waals surface area contributed by atoms with E-state index in [-0.39, 0.29) is 11.7 Å². The number of hydrogen-bond donors (Lipinski definition) is 0. The second-order valence-electron chi connectivity index (χ2n) is 7.93. The van der Waals surface area contributed by atoms with Crippen LogP contribution in [0.3, 0.4) is 0 Å². The Morgan fingerprint density at radius 1 is 1.10 bits per heavy atom. The summed E-state index contributed by atoms with van der Waals surface area (Å²) in [7, 11) is 0. The van der Waals surface area contributed by atoms with E-state index in [4.69, 9.17) is 9.47 Å². The summed E-state index contributed by atoms with van der Waals surface area (Å²) < 4.78 is 26.1. The van der Waals surface area contributed by atoms with Gasteiger partial charge >= 0.3 is 0 Å². The number of rotatable bonds is 3. The second kappa shape index (κ2) is 7.40. The fourth-order valence-electron chi connectivity index (χ4n) is 4.81. The third-order valence-corrected chi connectivity index (χ3v) is 6.37. The zero-order valence-corrected chi connectivity index (χ0v) is 17.0. The van der Waals surface area contributed by atoms with Crippen molar-refractivity contribution in [2.24, 2.45) is 0 Å². The summed E-state index contributed by atoms with van der Waals surface area (Å²) in [5.74, 6) is 0.383. The molecule has 1 amide bonds. The van der Waals surface area contributed by atoms with E-state index in [1.54, 1.807) is 6.07 Å². The summed E-state index contributed by atoms with van der Waals surface area (Å²) in [6, 6.07) is 16.9. The molecule has 30 heavy (non-hydrogen) atoms. The van der Waals surface area contributed by atoms with Crippen LogP contribution in [-0.4, -0.2) is 30.5 Å². The van der Waals surface area contributed by atoms with E-state index in [1.807, 2.05) is 54.3 Å². The molecule has 0 bridgehead atoms. The van der Waals surface area contributed by atoms with Gasteiger partial charge in [-0.1, -0.05) is 42.5 Å². The number of fused-ring (bicyclic) bond motifs is 3. The predicted molar refractivity (Wildman–Crippen MR) is 113 cm³/mol. The molecule has 154 valence electrons. The first-order chi connectivity index (χ1) is 14.6. The van der Waals surface area contributed by atoms with E-state index in [1.165, 1.54) is 6.07 Å². The molecule has 0 aromatic heterocycles. The number of benzene rings is 3. The summed E-state index contributed by atoms with van der Waals surface area (Å²) in [5.41, 5.74) is 1.72. The van der Waals surface area contributed by atoms with Crippen LogP contribution in [0.1, 0.15) is 41.3 Å². The second-order valence-corrected chi connectivity index (χ2v) is 7.93. The van der Waals surface area contributed by atoms with E-state index >= 15 is 0 Å². The van der Waals surface area contributed by atoms with Crippen molar-refractivity contribution < 1.29 is 18.7 Å². The molecule has 2 aliphatic rings. The zero-order chi connectivity index (χ0) is 20.7. The molecular formula is C25H24FNO3. The molecule has 5 heteroatoms. The molecule has 1 spiro atoms. The largest absolute Gasteiger partial charge is 0.493 e. The number of ether oxygens (including phenoxy) is 2. The standard InChI is InChI=1S/C25H24FNO3/c1-2-29-22-11-10-17-6-3-4-7-18(17)23(22)24(28)27-14-12-25(13-15-27)20-8-5-9-21(26)19(20)16-30-25/h3-11H,2,12-16H2,1H3. The Hall–Kier alpha value is -2.92. The lowest BCUT2D eigenvalue weighted by atomic mass is 9.83. The normalized spacial score (nSPS) is 17.3. The Morgan fingerprint density at radius 3 is 2.70 bits per heavy atom. The summed E-state index contributed by atoms with van der Waals surface area (Å²) in [4.78, 5) is 15.4. The maximum atomic E-state index is 14.2. The third kappa shape index (κ3) is 2.96. The number of likely N-dealkylation sites (tertiary alicyclic amines) is 1. The Morgan fingerprint density at radius 2 is 1.90 bits per heavy atom. The van der Waals surface area contributed by atoms with Crippen molar-refractivity contribution in [3.05, 3.63) is 77.1 Å². The van der Waals surface area contributed by atoms with Crippen LogP contribution in [0.15, 0.2) is 54.6 Å². The number of piperidine rings is 1. The van der Waals surface area contributed by atoms with Crippen LogP contribution in [0, 0.1) is 5.82 Å². The Balaban J connectivity index is 1.44. The van der Waals surface area contributed by atoms with Crippen LogP contribution < -0.4 is 4.74 Å². The lowest BCUT2D eigenvalue weighted by molar-refractivity contribution is -0.0743. The van der Waals surface area contributed by atoms with Gasteiger partial charge in [0, 0.05) is 18.7 Å². The van der Waals surface area contributed by atoms with Gasteiger partial charge < -0.3 is 14.4 Å². The predicted octanol–water partition coefficient (Wildman–Crippen LogP) is 5.04. The molecule has 2 heterocycles. The average Bonchev–Trinajstić information content (AvgIpc) is 3.13. The van der Waals surface area contributed by atoms with Crippen LogP contribution in [0.2, 0.25) is 0 Å². The van der Waals surface area contributed by atoms with Gasteiger partial charge in [0.25, 0.3) is 5.91 Å². The van der Waals surface area contributed by atoms with Gasteiger partial charge in [-0.3, -0.25) is 4.79 Å². The summed E-state index contributed by atoms with van der Waals surface area (Å²) in [6.07, 6.45) is 1.31. The number of nitrogens with zero attached hydrogens (tertiary/aromatic N) is 1. The number of hydrogen-bond acceptors (Lipinski definition) is 3. The molecule has 0 saturated carbocycles. The van der Waals surface area contributed by atoms with Gasteiger partial charge in [0.1, 0.15) is 11.6 Å². The van der Waals surface area contributed by atoms with E-state index in [0.717, 1.165) is 16.3 Å². The third-order valence-electron chi connectivity index (χ3n) is 6.37. The van der Waals surface area contributed by atoms with Crippen molar-refractivity contribution in [1.82, 2.24) is 4.90 Å².